The van der Waals surface area contributed by atoms with Gasteiger partial charge in [-0.1, -0.05) is 0 Å². The fourth-order valence-corrected chi connectivity index (χ4v) is 1.52. The van der Waals surface area contributed by atoms with E-state index in [1.807, 2.05) is 0 Å². The second-order valence-corrected chi connectivity index (χ2v) is 3.78. The first-order valence-electron chi connectivity index (χ1n) is 5.43. The molecule has 0 spiro atoms. The van der Waals surface area contributed by atoms with Crippen LogP contribution in [0.4, 0.5) is 4.39 Å². The lowest BCUT2D eigenvalue weighted by Crippen LogP contribution is -2.12. The van der Waals surface area contributed by atoms with Crippen LogP contribution < -0.4 is 10.5 Å². The molecule has 1 aromatic heterocycles. The number of nitrogens with two attached hydrogens (primary N) is 1. The maximum absolute atomic E-state index is 13.5. The number of aromatic carboxylic acids is 1. The van der Waals surface area contributed by atoms with Crippen LogP contribution in [0.15, 0.2) is 36.7 Å². The zero-order valence-corrected chi connectivity index (χ0v) is 10.0. The lowest BCUT2D eigenvalue weighted by Gasteiger charge is -2.08. The number of carboxylic acids is 1. The highest BCUT2D eigenvalue weighted by Crippen LogP contribution is 2.25. The third-order valence-corrected chi connectivity index (χ3v) is 2.45. The van der Waals surface area contributed by atoms with Crippen molar-refractivity contribution in [3.05, 3.63) is 53.6 Å². The Balaban J connectivity index is 2.34. The number of benzene rings is 1. The van der Waals surface area contributed by atoms with Crippen LogP contribution in [-0.4, -0.2) is 22.0 Å². The van der Waals surface area contributed by atoms with Crippen LogP contribution in [0, 0.1) is 5.82 Å². The highest BCUT2D eigenvalue weighted by Gasteiger charge is 2.14. The van der Waals surface area contributed by atoms with E-state index in [4.69, 9.17) is 15.6 Å². The number of carboxylic acid groups (broad SMARTS) is 1. The molecular weight excluding hydrogens is 267 g/mol. The van der Waals surface area contributed by atoms with Gasteiger partial charge < -0.3 is 15.6 Å². The molecule has 0 bridgehead atoms. The summed E-state index contributed by atoms with van der Waals surface area (Å²) < 4.78 is 18.8. The van der Waals surface area contributed by atoms with Crippen molar-refractivity contribution in [2.45, 2.75) is 0 Å². The Labute approximate surface area is 112 Å². The molecule has 6 nitrogen and oxygen atoms in total. The molecule has 7 heteroatoms. The predicted molar refractivity (Wildman–Crippen MR) is 66.2 cm³/mol. The van der Waals surface area contributed by atoms with Crippen LogP contribution in [0.3, 0.4) is 0 Å². The summed E-state index contributed by atoms with van der Waals surface area (Å²) in [7, 11) is 0. The molecule has 0 radical (unpaired) electrons. The van der Waals surface area contributed by atoms with E-state index in [0.717, 1.165) is 12.1 Å². The highest BCUT2D eigenvalue weighted by atomic mass is 19.1. The largest absolute Gasteiger partial charge is 0.478 e. The normalized spacial score (nSPS) is 10.1. The fraction of sp³-hybridized carbons (Fsp3) is 0. The van der Waals surface area contributed by atoms with E-state index in [1.165, 1.54) is 24.5 Å². The van der Waals surface area contributed by atoms with E-state index in [2.05, 4.69) is 4.98 Å². The molecule has 3 N–H and O–H groups in total. The van der Waals surface area contributed by atoms with E-state index in [-0.39, 0.29) is 22.6 Å². The molecule has 1 amide bonds. The van der Waals surface area contributed by atoms with Crippen molar-refractivity contribution in [2.75, 3.05) is 0 Å². The van der Waals surface area contributed by atoms with Crippen LogP contribution in [-0.2, 0) is 0 Å². The van der Waals surface area contributed by atoms with E-state index < -0.39 is 17.7 Å². The maximum atomic E-state index is 13.5. The van der Waals surface area contributed by atoms with Gasteiger partial charge in [-0.3, -0.25) is 9.78 Å². The van der Waals surface area contributed by atoms with Gasteiger partial charge in [0, 0.05) is 12.3 Å². The Hall–Kier alpha value is -2.96. The van der Waals surface area contributed by atoms with Crippen molar-refractivity contribution < 1.29 is 23.8 Å². The Morgan fingerprint density at radius 3 is 2.60 bits per heavy atom. The second kappa shape index (κ2) is 5.35. The minimum absolute atomic E-state index is 0.0306. The Morgan fingerprint density at radius 1 is 1.25 bits per heavy atom. The number of carbonyl (C=O) groups excluding carboxylic acids is 1. The van der Waals surface area contributed by atoms with E-state index in [1.54, 1.807) is 0 Å². The predicted octanol–water partition coefficient (Wildman–Crippen LogP) is 1.81. The van der Waals surface area contributed by atoms with Crippen LogP contribution in [0.25, 0.3) is 0 Å². The van der Waals surface area contributed by atoms with Gasteiger partial charge in [-0.05, 0) is 18.2 Å². The van der Waals surface area contributed by atoms with Gasteiger partial charge in [-0.15, -0.1) is 0 Å². The summed E-state index contributed by atoms with van der Waals surface area (Å²) in [6.45, 7) is 0. The summed E-state index contributed by atoms with van der Waals surface area (Å²) >= 11 is 0. The Morgan fingerprint density at radius 2 is 2.00 bits per heavy atom. The van der Waals surface area contributed by atoms with E-state index in [9.17, 15) is 14.0 Å². The smallest absolute Gasteiger partial charge is 0.339 e. The molecule has 1 aromatic carbocycles. The van der Waals surface area contributed by atoms with E-state index in [0.29, 0.717) is 0 Å². The zero-order valence-electron chi connectivity index (χ0n) is 10.0. The molecule has 1 heterocycles. The molecule has 0 aliphatic carbocycles. The maximum Gasteiger partial charge on any atom is 0.339 e. The van der Waals surface area contributed by atoms with Crippen LogP contribution >= 0.6 is 0 Å². The number of pyridine rings is 1. The van der Waals surface area contributed by atoms with Gasteiger partial charge >= 0.3 is 5.97 Å². The number of halogens is 1. The quantitative estimate of drug-likeness (QED) is 0.886. The van der Waals surface area contributed by atoms with Crippen LogP contribution in [0.5, 0.6) is 11.5 Å². The molecule has 0 atom stereocenters. The number of ether oxygens (including phenoxy) is 1. The molecule has 0 saturated carbocycles. The summed E-state index contributed by atoms with van der Waals surface area (Å²) in [6.07, 6.45) is 2.50. The molecule has 2 aromatic rings. The molecule has 0 aliphatic heterocycles. The van der Waals surface area contributed by atoms with Gasteiger partial charge in [0.1, 0.15) is 17.1 Å². The molecule has 0 aliphatic rings. The molecule has 2 rings (SSSR count). The number of hydrogen-bond acceptors (Lipinski definition) is 4. The number of aromatic nitrogens is 1. The molecule has 102 valence electrons. The number of primary amides is 1. The first-order chi connectivity index (χ1) is 9.49. The van der Waals surface area contributed by atoms with Crippen molar-refractivity contribution in [3.8, 4) is 11.5 Å². The van der Waals surface area contributed by atoms with Gasteiger partial charge in [0.15, 0.2) is 5.75 Å². The summed E-state index contributed by atoms with van der Waals surface area (Å²) in [4.78, 5) is 25.6. The molecular formula is C13H9FN2O4. The van der Waals surface area contributed by atoms with Crippen molar-refractivity contribution in [2.24, 2.45) is 5.73 Å². The summed E-state index contributed by atoms with van der Waals surface area (Å²) in [5, 5.41) is 8.97. The van der Waals surface area contributed by atoms with Gasteiger partial charge in [0.25, 0.3) is 5.91 Å². The SMILES string of the molecule is NC(=O)c1ccc(Oc2cnccc2C(=O)O)cc1F. The minimum atomic E-state index is -1.20. The van der Waals surface area contributed by atoms with Crippen LogP contribution in [0.2, 0.25) is 0 Å². The summed E-state index contributed by atoms with van der Waals surface area (Å²) in [6, 6.07) is 4.66. The summed E-state index contributed by atoms with van der Waals surface area (Å²) in [5.74, 6) is -2.96. The lowest BCUT2D eigenvalue weighted by atomic mass is 10.2. The molecule has 20 heavy (non-hydrogen) atoms. The van der Waals surface area contributed by atoms with Gasteiger partial charge in [-0.2, -0.15) is 0 Å². The fourth-order valence-electron chi connectivity index (χ4n) is 1.52. The van der Waals surface area contributed by atoms with Gasteiger partial charge in [0.2, 0.25) is 0 Å². The zero-order chi connectivity index (χ0) is 14.7. The third kappa shape index (κ3) is 2.72. The van der Waals surface area contributed by atoms with Gasteiger partial charge in [0.05, 0.1) is 11.8 Å². The first-order valence-corrected chi connectivity index (χ1v) is 5.43. The highest BCUT2D eigenvalue weighted by molar-refractivity contribution is 5.93. The average Bonchev–Trinajstić information content (AvgIpc) is 2.38. The van der Waals surface area contributed by atoms with Crippen molar-refractivity contribution in [1.29, 1.82) is 0 Å². The molecule has 0 unspecified atom stereocenters. The number of carbonyl (C=O) groups is 2. The average molecular weight is 276 g/mol. The molecule has 0 fully saturated rings. The van der Waals surface area contributed by atoms with E-state index >= 15 is 0 Å². The minimum Gasteiger partial charge on any atom is -0.478 e. The standard InChI is InChI=1S/C13H9FN2O4/c14-10-5-7(1-2-8(10)12(15)17)20-11-6-16-4-3-9(11)13(18)19/h1-6H,(H2,15,17)(H,18,19). The van der Waals surface area contributed by atoms with Crippen molar-refractivity contribution in [3.63, 3.8) is 0 Å². The number of hydrogen-bond donors (Lipinski definition) is 2. The first kappa shape index (κ1) is 13.5. The lowest BCUT2D eigenvalue weighted by molar-refractivity contribution is 0.0693. The number of amides is 1. The number of nitrogens with zero attached hydrogens (tertiary/aromatic N) is 1. The number of rotatable bonds is 4. The van der Waals surface area contributed by atoms with Gasteiger partial charge in [-0.25, -0.2) is 9.18 Å². The van der Waals surface area contributed by atoms with Crippen LogP contribution in [0.1, 0.15) is 20.7 Å². The second-order valence-electron chi connectivity index (χ2n) is 3.78. The summed E-state index contributed by atoms with van der Waals surface area (Å²) in [5.41, 5.74) is 4.59. The van der Waals surface area contributed by atoms with Crippen molar-refractivity contribution in [1.82, 2.24) is 4.98 Å². The Kier molecular flexibility index (Phi) is 3.60. The molecule has 0 saturated heterocycles. The van der Waals surface area contributed by atoms with Crippen molar-refractivity contribution >= 4 is 11.9 Å². The topological polar surface area (TPSA) is 103 Å². The third-order valence-electron chi connectivity index (χ3n) is 2.45. The Bertz CT molecular complexity index is 688. The monoisotopic (exact) mass is 276 g/mol.